The highest BCUT2D eigenvalue weighted by Gasteiger charge is 2.31. The lowest BCUT2D eigenvalue weighted by Crippen LogP contribution is -2.28. The zero-order valence-electron chi connectivity index (χ0n) is 19.2. The van der Waals surface area contributed by atoms with Gasteiger partial charge < -0.3 is 14.2 Å². The van der Waals surface area contributed by atoms with E-state index in [2.05, 4.69) is 30.0 Å². The van der Waals surface area contributed by atoms with Crippen LogP contribution in [0.25, 0.3) is 23.1 Å². The number of carbonyl (C=O) groups is 1. The fourth-order valence-electron chi connectivity index (χ4n) is 3.33. The molecule has 4 rings (SSSR count). The summed E-state index contributed by atoms with van der Waals surface area (Å²) < 4.78 is 47.7. The minimum Gasteiger partial charge on any atom is -0.406 e. The fourth-order valence-corrected chi connectivity index (χ4v) is 3.33. The van der Waals surface area contributed by atoms with E-state index < -0.39 is 12.4 Å². The summed E-state index contributed by atoms with van der Waals surface area (Å²) in [5.74, 6) is 0.603. The number of ketones is 1. The highest BCUT2D eigenvalue weighted by atomic mass is 19.4. The average molecular weight is 489 g/mol. The first-order valence-corrected chi connectivity index (χ1v) is 10.6. The van der Waals surface area contributed by atoms with E-state index in [4.69, 9.17) is 4.52 Å². The van der Waals surface area contributed by atoms with Crippen molar-refractivity contribution < 1.29 is 27.2 Å². The van der Waals surface area contributed by atoms with E-state index in [0.29, 0.717) is 30.1 Å². The molecule has 35 heavy (non-hydrogen) atoms. The molecule has 13 heteroatoms. The second-order valence-electron chi connectivity index (χ2n) is 8.10. The number of ether oxygens (including phenoxy) is 1. The maximum atomic E-state index is 12.3. The Hall–Kier alpha value is -3.87. The molecule has 0 aliphatic carbocycles. The van der Waals surface area contributed by atoms with Gasteiger partial charge in [0.2, 0.25) is 11.6 Å². The highest BCUT2D eigenvalue weighted by Crippen LogP contribution is 2.26. The number of hydrogen-bond donors (Lipinski definition) is 0. The normalized spacial score (nSPS) is 16.1. The van der Waals surface area contributed by atoms with Gasteiger partial charge in [-0.2, -0.15) is 4.98 Å². The number of halogens is 3. The number of alkyl halides is 3. The Morgan fingerprint density at radius 3 is 2.54 bits per heavy atom. The summed E-state index contributed by atoms with van der Waals surface area (Å²) in [6.45, 7) is 2.81. The van der Waals surface area contributed by atoms with Gasteiger partial charge in [-0.05, 0) is 63.9 Å². The summed E-state index contributed by atoms with van der Waals surface area (Å²) in [5.41, 5.74) is 1.13. The van der Waals surface area contributed by atoms with Gasteiger partial charge in [-0.1, -0.05) is 5.16 Å². The van der Waals surface area contributed by atoms with Crippen LogP contribution >= 0.6 is 0 Å². The number of aromatic nitrogens is 5. The van der Waals surface area contributed by atoms with Crippen LogP contribution < -0.4 is 4.74 Å². The molecule has 1 aliphatic heterocycles. The Kier molecular flexibility index (Phi) is 6.78. The highest BCUT2D eigenvalue weighted by molar-refractivity contribution is 6.07. The molecule has 0 N–H and O–H groups in total. The van der Waals surface area contributed by atoms with Crippen molar-refractivity contribution >= 4 is 11.5 Å². The van der Waals surface area contributed by atoms with Crippen molar-refractivity contribution in [3.05, 3.63) is 42.2 Å². The Morgan fingerprint density at radius 2 is 1.86 bits per heavy atom. The smallest absolute Gasteiger partial charge is 0.406 e. The molecule has 1 aliphatic rings. The maximum Gasteiger partial charge on any atom is 0.573 e. The number of allylic oxidation sites excluding steroid dienone is 1. The van der Waals surface area contributed by atoms with Crippen LogP contribution in [-0.2, 0) is 11.3 Å². The Labute approximate surface area is 198 Å². The van der Waals surface area contributed by atoms with E-state index in [1.54, 1.807) is 17.7 Å². The zero-order chi connectivity index (χ0) is 25.2. The standard InChI is InChI=1S/C22H22F3N7O3/c1-13-26-20(29-32(13)12-15-6-9-18(33)17(27-15)10-11-31(2)3)21-28-19(30-35-21)14-4-7-16(8-5-14)34-22(23,24)25/h4-9,17H,10-12H2,1-3H3. The van der Waals surface area contributed by atoms with Crippen molar-refractivity contribution in [3.8, 4) is 28.9 Å². The summed E-state index contributed by atoms with van der Waals surface area (Å²) in [6, 6.07) is 4.66. The van der Waals surface area contributed by atoms with Crippen LogP contribution in [0.2, 0.25) is 0 Å². The van der Waals surface area contributed by atoms with E-state index in [1.807, 2.05) is 19.0 Å². The number of hydrogen-bond acceptors (Lipinski definition) is 9. The molecule has 2 aromatic heterocycles. The molecule has 0 spiro atoms. The van der Waals surface area contributed by atoms with Gasteiger partial charge >= 0.3 is 6.36 Å². The molecule has 1 aromatic carbocycles. The van der Waals surface area contributed by atoms with Crippen molar-refractivity contribution in [2.45, 2.75) is 32.3 Å². The van der Waals surface area contributed by atoms with Gasteiger partial charge in [0.1, 0.15) is 17.6 Å². The van der Waals surface area contributed by atoms with E-state index >= 15 is 0 Å². The first kappa shape index (κ1) is 24.3. The van der Waals surface area contributed by atoms with Gasteiger partial charge in [0, 0.05) is 12.1 Å². The maximum absolute atomic E-state index is 12.3. The summed E-state index contributed by atoms with van der Waals surface area (Å²) >= 11 is 0. The van der Waals surface area contributed by atoms with Crippen LogP contribution in [0.3, 0.4) is 0 Å². The van der Waals surface area contributed by atoms with E-state index in [-0.39, 0.29) is 29.1 Å². The largest absolute Gasteiger partial charge is 0.573 e. The first-order valence-electron chi connectivity index (χ1n) is 10.6. The van der Waals surface area contributed by atoms with Gasteiger partial charge in [-0.3, -0.25) is 9.79 Å². The lowest BCUT2D eigenvalue weighted by Gasteiger charge is -2.17. The molecule has 0 saturated carbocycles. The Morgan fingerprint density at radius 1 is 1.11 bits per heavy atom. The zero-order valence-corrected chi connectivity index (χ0v) is 19.2. The quantitative estimate of drug-likeness (QED) is 0.475. The van der Waals surface area contributed by atoms with Crippen molar-refractivity contribution in [2.75, 3.05) is 20.6 Å². The average Bonchev–Trinajstić information content (AvgIpc) is 3.41. The molecule has 1 unspecified atom stereocenters. The molecule has 10 nitrogen and oxygen atoms in total. The Balaban J connectivity index is 1.47. The third kappa shape index (κ3) is 6.18. The predicted molar refractivity (Wildman–Crippen MR) is 119 cm³/mol. The molecule has 0 fully saturated rings. The number of benzene rings is 1. The SMILES string of the molecule is Cc1nc(-c2nc(-c3ccc(OC(F)(F)F)cc3)no2)nn1CC1=NC(CCN(C)C)C(=O)C=C1. The van der Waals surface area contributed by atoms with Crippen molar-refractivity contribution in [1.82, 2.24) is 29.8 Å². The summed E-state index contributed by atoms with van der Waals surface area (Å²) in [5, 5.41) is 8.27. The van der Waals surface area contributed by atoms with E-state index in [0.717, 1.165) is 18.7 Å². The van der Waals surface area contributed by atoms with Crippen LogP contribution in [0, 0.1) is 6.92 Å². The summed E-state index contributed by atoms with van der Waals surface area (Å²) in [4.78, 5) is 27.3. The molecule has 1 atom stereocenters. The van der Waals surface area contributed by atoms with Crippen molar-refractivity contribution in [3.63, 3.8) is 0 Å². The lowest BCUT2D eigenvalue weighted by atomic mass is 10.1. The van der Waals surface area contributed by atoms with E-state index in [9.17, 15) is 18.0 Å². The molecular formula is C22H22F3N7O3. The number of aryl methyl sites for hydroxylation is 1. The number of carbonyl (C=O) groups excluding carboxylic acids is 1. The summed E-state index contributed by atoms with van der Waals surface area (Å²) in [6.07, 6.45) is -0.947. The van der Waals surface area contributed by atoms with Crippen LogP contribution in [-0.4, -0.2) is 74.3 Å². The molecule has 184 valence electrons. The van der Waals surface area contributed by atoms with E-state index in [1.165, 1.54) is 18.2 Å². The predicted octanol–water partition coefficient (Wildman–Crippen LogP) is 3.10. The van der Waals surface area contributed by atoms with Gasteiger partial charge in [0.15, 0.2) is 5.78 Å². The van der Waals surface area contributed by atoms with Crippen LogP contribution in [0.15, 0.2) is 45.9 Å². The molecule has 0 saturated heterocycles. The molecule has 3 heterocycles. The Bertz CT molecular complexity index is 1260. The molecular weight excluding hydrogens is 467 g/mol. The molecule has 0 radical (unpaired) electrons. The molecule has 0 amide bonds. The summed E-state index contributed by atoms with van der Waals surface area (Å²) in [7, 11) is 3.88. The third-order valence-electron chi connectivity index (χ3n) is 5.07. The minimum atomic E-state index is -4.77. The third-order valence-corrected chi connectivity index (χ3v) is 5.07. The van der Waals surface area contributed by atoms with Crippen LogP contribution in [0.1, 0.15) is 12.2 Å². The van der Waals surface area contributed by atoms with Gasteiger partial charge in [0.25, 0.3) is 5.89 Å². The number of aliphatic imine (C=N–C) groups is 1. The van der Waals surface area contributed by atoms with Crippen molar-refractivity contribution in [1.29, 1.82) is 0 Å². The number of dihydropyridines is 1. The number of nitrogens with zero attached hydrogens (tertiary/aromatic N) is 7. The second-order valence-corrected chi connectivity index (χ2v) is 8.10. The van der Waals surface area contributed by atoms with Gasteiger partial charge in [-0.15, -0.1) is 18.3 Å². The lowest BCUT2D eigenvalue weighted by molar-refractivity contribution is -0.274. The molecule has 3 aromatic rings. The van der Waals surface area contributed by atoms with Crippen molar-refractivity contribution in [2.24, 2.45) is 4.99 Å². The fraction of sp³-hybridized carbons (Fsp3) is 0.364. The van der Waals surface area contributed by atoms with Gasteiger partial charge in [0.05, 0.1) is 12.3 Å². The topological polar surface area (TPSA) is 112 Å². The number of rotatable bonds is 8. The van der Waals surface area contributed by atoms with Gasteiger partial charge in [-0.25, -0.2) is 9.67 Å². The monoisotopic (exact) mass is 489 g/mol. The molecule has 0 bridgehead atoms. The second kappa shape index (κ2) is 9.78. The first-order chi connectivity index (χ1) is 16.6. The van der Waals surface area contributed by atoms with Crippen LogP contribution in [0.4, 0.5) is 13.2 Å². The van der Waals surface area contributed by atoms with Crippen LogP contribution in [0.5, 0.6) is 5.75 Å². The minimum absolute atomic E-state index is 0.0250.